The molecule has 2 aromatic rings. The molecular weight excluding hydrogens is 272 g/mol. The lowest BCUT2D eigenvalue weighted by atomic mass is 10.1. The fourth-order valence-electron chi connectivity index (χ4n) is 1.74. The predicted octanol–water partition coefficient (Wildman–Crippen LogP) is 3.80. The Hall–Kier alpha value is -2.13. The van der Waals surface area contributed by atoms with Gasteiger partial charge in [-0.1, -0.05) is 41.4 Å². The van der Waals surface area contributed by atoms with Gasteiger partial charge in [-0.3, -0.25) is 4.79 Å². The van der Waals surface area contributed by atoms with Gasteiger partial charge in [0.2, 0.25) is 0 Å². The standard InChI is InChI=1S/C16H15ClN2O/c1-11-4-3-5-14(10-11)16(20)19-18-12(2)13-6-8-15(17)9-7-13/h3-10H,1-2H3,(H,19,20)/b18-12-. The zero-order valence-electron chi connectivity index (χ0n) is 11.4. The van der Waals surface area contributed by atoms with Crippen molar-refractivity contribution in [2.75, 3.05) is 0 Å². The number of nitrogens with one attached hydrogen (secondary N) is 1. The maximum Gasteiger partial charge on any atom is 0.271 e. The number of halogens is 1. The normalized spacial score (nSPS) is 11.2. The number of carbonyl (C=O) groups excluding carboxylic acids is 1. The minimum absolute atomic E-state index is 0.220. The number of hydrogen-bond acceptors (Lipinski definition) is 2. The third-order valence-corrected chi connectivity index (χ3v) is 3.12. The minimum atomic E-state index is -0.220. The zero-order valence-corrected chi connectivity index (χ0v) is 12.1. The Balaban J connectivity index is 2.08. The smallest absolute Gasteiger partial charge is 0.267 e. The summed E-state index contributed by atoms with van der Waals surface area (Å²) in [5.41, 5.74) is 5.83. The summed E-state index contributed by atoms with van der Waals surface area (Å²) >= 11 is 5.83. The highest BCUT2D eigenvalue weighted by atomic mass is 35.5. The Morgan fingerprint density at radius 1 is 1.10 bits per heavy atom. The summed E-state index contributed by atoms with van der Waals surface area (Å²) in [5, 5.41) is 4.78. The molecule has 0 aliphatic carbocycles. The molecule has 0 aliphatic rings. The maximum atomic E-state index is 11.9. The van der Waals surface area contributed by atoms with E-state index in [2.05, 4.69) is 10.5 Å². The third-order valence-electron chi connectivity index (χ3n) is 2.87. The Morgan fingerprint density at radius 2 is 1.80 bits per heavy atom. The van der Waals surface area contributed by atoms with Crippen molar-refractivity contribution in [3.63, 3.8) is 0 Å². The number of rotatable bonds is 3. The van der Waals surface area contributed by atoms with Gasteiger partial charge in [-0.15, -0.1) is 0 Å². The molecule has 4 heteroatoms. The molecule has 0 unspecified atom stereocenters. The van der Waals surface area contributed by atoms with E-state index < -0.39 is 0 Å². The molecule has 0 aromatic heterocycles. The van der Waals surface area contributed by atoms with Gasteiger partial charge in [0, 0.05) is 10.6 Å². The fourth-order valence-corrected chi connectivity index (χ4v) is 1.87. The summed E-state index contributed by atoms with van der Waals surface area (Å²) in [6, 6.07) is 14.7. The van der Waals surface area contributed by atoms with Gasteiger partial charge in [-0.05, 0) is 43.7 Å². The first-order chi connectivity index (χ1) is 9.56. The van der Waals surface area contributed by atoms with E-state index in [1.807, 2.05) is 44.2 Å². The number of carbonyl (C=O) groups is 1. The number of hydrazone groups is 1. The van der Waals surface area contributed by atoms with E-state index in [4.69, 9.17) is 11.6 Å². The fraction of sp³-hybridized carbons (Fsp3) is 0.125. The molecule has 0 bridgehead atoms. The van der Waals surface area contributed by atoms with Crippen LogP contribution in [0.1, 0.15) is 28.4 Å². The Bertz CT molecular complexity index is 648. The zero-order chi connectivity index (χ0) is 14.5. The second-order valence-electron chi connectivity index (χ2n) is 4.51. The molecule has 20 heavy (non-hydrogen) atoms. The molecule has 0 saturated carbocycles. The molecule has 0 radical (unpaired) electrons. The summed E-state index contributed by atoms with van der Waals surface area (Å²) in [5.74, 6) is -0.220. The third kappa shape index (κ3) is 3.68. The quantitative estimate of drug-likeness (QED) is 0.677. The van der Waals surface area contributed by atoms with Gasteiger partial charge in [0.1, 0.15) is 0 Å². The maximum absolute atomic E-state index is 11.9. The molecule has 2 rings (SSSR count). The monoisotopic (exact) mass is 286 g/mol. The van der Waals surface area contributed by atoms with Crippen LogP contribution < -0.4 is 5.43 Å². The lowest BCUT2D eigenvalue weighted by molar-refractivity contribution is 0.0954. The average Bonchev–Trinajstić information content (AvgIpc) is 2.45. The van der Waals surface area contributed by atoms with E-state index in [0.717, 1.165) is 16.8 Å². The van der Waals surface area contributed by atoms with Crippen LogP contribution in [0.15, 0.2) is 53.6 Å². The second kappa shape index (κ2) is 6.35. The van der Waals surface area contributed by atoms with Crippen molar-refractivity contribution in [3.8, 4) is 0 Å². The van der Waals surface area contributed by atoms with Gasteiger partial charge < -0.3 is 0 Å². The van der Waals surface area contributed by atoms with Crippen LogP contribution in [-0.4, -0.2) is 11.6 Å². The van der Waals surface area contributed by atoms with Crippen molar-refractivity contribution in [1.82, 2.24) is 5.43 Å². The van der Waals surface area contributed by atoms with Gasteiger partial charge in [0.25, 0.3) is 5.91 Å². The van der Waals surface area contributed by atoms with Gasteiger partial charge in [-0.2, -0.15) is 5.10 Å². The van der Waals surface area contributed by atoms with Crippen LogP contribution >= 0.6 is 11.6 Å². The van der Waals surface area contributed by atoms with E-state index in [1.165, 1.54) is 0 Å². The summed E-state index contributed by atoms with van der Waals surface area (Å²) in [6.07, 6.45) is 0. The van der Waals surface area contributed by atoms with Crippen LogP contribution in [0.2, 0.25) is 5.02 Å². The molecule has 0 spiro atoms. The molecule has 0 atom stereocenters. The number of hydrogen-bond donors (Lipinski definition) is 1. The van der Waals surface area contributed by atoms with Crippen molar-refractivity contribution in [1.29, 1.82) is 0 Å². The van der Waals surface area contributed by atoms with E-state index >= 15 is 0 Å². The number of amides is 1. The molecule has 0 fully saturated rings. The van der Waals surface area contributed by atoms with Crippen molar-refractivity contribution in [2.45, 2.75) is 13.8 Å². The Kier molecular flexibility index (Phi) is 4.53. The van der Waals surface area contributed by atoms with E-state index in [0.29, 0.717) is 10.6 Å². The second-order valence-corrected chi connectivity index (χ2v) is 4.95. The summed E-state index contributed by atoms with van der Waals surface area (Å²) in [4.78, 5) is 11.9. The van der Waals surface area contributed by atoms with Crippen LogP contribution in [0.25, 0.3) is 0 Å². The number of aryl methyl sites for hydroxylation is 1. The SMILES string of the molecule is C/C(=N/NC(=O)c1cccc(C)c1)c1ccc(Cl)cc1. The Labute approximate surface area is 123 Å². The first-order valence-corrected chi connectivity index (χ1v) is 6.61. The average molecular weight is 287 g/mol. The molecule has 102 valence electrons. The van der Waals surface area contributed by atoms with E-state index in [1.54, 1.807) is 18.2 Å². The van der Waals surface area contributed by atoms with Crippen LogP contribution in [0.4, 0.5) is 0 Å². The highest BCUT2D eigenvalue weighted by Gasteiger charge is 2.04. The largest absolute Gasteiger partial charge is 0.271 e. The summed E-state index contributed by atoms with van der Waals surface area (Å²) in [7, 11) is 0. The summed E-state index contributed by atoms with van der Waals surface area (Å²) < 4.78 is 0. The predicted molar refractivity (Wildman–Crippen MR) is 82.3 cm³/mol. The van der Waals surface area contributed by atoms with E-state index in [-0.39, 0.29) is 5.91 Å². The number of nitrogens with zero attached hydrogens (tertiary/aromatic N) is 1. The molecule has 0 aliphatic heterocycles. The van der Waals surface area contributed by atoms with Gasteiger partial charge in [0.15, 0.2) is 0 Å². The molecule has 1 N–H and O–H groups in total. The molecule has 0 saturated heterocycles. The Morgan fingerprint density at radius 3 is 2.45 bits per heavy atom. The van der Waals surface area contributed by atoms with Crippen LogP contribution in [0.3, 0.4) is 0 Å². The van der Waals surface area contributed by atoms with Crippen LogP contribution in [-0.2, 0) is 0 Å². The lowest BCUT2D eigenvalue weighted by Crippen LogP contribution is -2.19. The minimum Gasteiger partial charge on any atom is -0.267 e. The van der Waals surface area contributed by atoms with Gasteiger partial charge in [0.05, 0.1) is 5.71 Å². The highest BCUT2D eigenvalue weighted by Crippen LogP contribution is 2.10. The lowest BCUT2D eigenvalue weighted by Gasteiger charge is -2.04. The van der Waals surface area contributed by atoms with Crippen molar-refractivity contribution >= 4 is 23.2 Å². The highest BCUT2D eigenvalue weighted by molar-refractivity contribution is 6.30. The summed E-state index contributed by atoms with van der Waals surface area (Å²) in [6.45, 7) is 3.78. The number of benzene rings is 2. The van der Waals surface area contributed by atoms with Gasteiger partial charge >= 0.3 is 0 Å². The molecule has 3 nitrogen and oxygen atoms in total. The van der Waals surface area contributed by atoms with E-state index in [9.17, 15) is 4.79 Å². The van der Waals surface area contributed by atoms with Crippen molar-refractivity contribution < 1.29 is 4.79 Å². The van der Waals surface area contributed by atoms with Crippen molar-refractivity contribution in [2.24, 2.45) is 5.10 Å². The first kappa shape index (κ1) is 14.3. The molecule has 2 aromatic carbocycles. The first-order valence-electron chi connectivity index (χ1n) is 6.23. The molecule has 1 amide bonds. The van der Waals surface area contributed by atoms with Crippen LogP contribution in [0, 0.1) is 6.92 Å². The van der Waals surface area contributed by atoms with Crippen LogP contribution in [0.5, 0.6) is 0 Å². The molecule has 0 heterocycles. The molecular formula is C16H15ClN2O. The van der Waals surface area contributed by atoms with Gasteiger partial charge in [-0.25, -0.2) is 5.43 Å². The van der Waals surface area contributed by atoms with Crippen molar-refractivity contribution in [3.05, 3.63) is 70.2 Å². The topological polar surface area (TPSA) is 41.5 Å².